The Morgan fingerprint density at radius 1 is 1.53 bits per heavy atom. The maximum Gasteiger partial charge on any atom is 0.401 e. The van der Waals surface area contributed by atoms with Gasteiger partial charge in [-0.3, -0.25) is 0 Å². The Morgan fingerprint density at radius 2 is 2.12 bits per heavy atom. The number of thiophene rings is 1. The maximum absolute atomic E-state index is 11.6. The fourth-order valence-corrected chi connectivity index (χ4v) is 3.05. The van der Waals surface area contributed by atoms with Crippen molar-refractivity contribution in [2.75, 3.05) is 0 Å². The molecule has 0 aromatic carbocycles. The third-order valence-corrected chi connectivity index (χ3v) is 3.80. The van der Waals surface area contributed by atoms with Gasteiger partial charge in [0.15, 0.2) is 10.6 Å². The van der Waals surface area contributed by atoms with E-state index in [0.717, 1.165) is 11.3 Å². The number of esters is 1. The molecule has 0 radical (unpaired) electrons. The molecule has 0 aliphatic rings. The summed E-state index contributed by atoms with van der Waals surface area (Å²) in [6.07, 6.45) is -0.316. The second-order valence-corrected chi connectivity index (χ2v) is 6.99. The molecule has 0 unspecified atom stereocenters. The Morgan fingerprint density at radius 3 is 2.59 bits per heavy atom. The van der Waals surface area contributed by atoms with Crippen molar-refractivity contribution in [2.24, 2.45) is 0 Å². The number of rotatable bonds is 4. The lowest BCUT2D eigenvalue weighted by Gasteiger charge is -2.07. The summed E-state index contributed by atoms with van der Waals surface area (Å²) in [7, 11) is 0.748. The van der Waals surface area contributed by atoms with Crippen LogP contribution >= 0.6 is 37.9 Å². The first-order chi connectivity index (χ1) is 7.70. The zero-order valence-corrected chi connectivity index (χ0v) is 12.7. The molecule has 17 heavy (non-hydrogen) atoms. The molecule has 0 saturated heterocycles. The second kappa shape index (κ2) is 5.55. The van der Waals surface area contributed by atoms with Gasteiger partial charge in [-0.15, -0.1) is 11.3 Å². The van der Waals surface area contributed by atoms with Gasteiger partial charge < -0.3 is 8.92 Å². The average Bonchev–Trinajstić information content (AvgIpc) is 2.44. The molecule has 5 nitrogen and oxygen atoms in total. The zero-order chi connectivity index (χ0) is 13.2. The normalized spacial score (nSPS) is 11.6. The number of carbonyl (C=O) groups is 1. The van der Waals surface area contributed by atoms with E-state index in [-0.39, 0.29) is 16.7 Å². The zero-order valence-electron chi connectivity index (χ0n) is 8.77. The fraction of sp³-hybridized carbons (Fsp3) is 0.375. The van der Waals surface area contributed by atoms with E-state index >= 15 is 0 Å². The summed E-state index contributed by atoms with van der Waals surface area (Å²) in [5.74, 6) is -0.818. The molecule has 0 spiro atoms. The summed E-state index contributed by atoms with van der Waals surface area (Å²) in [6, 6.07) is 0. The highest BCUT2D eigenvalue weighted by Gasteiger charge is 2.24. The van der Waals surface area contributed by atoms with Crippen molar-refractivity contribution in [3.05, 3.63) is 14.7 Å². The van der Waals surface area contributed by atoms with Gasteiger partial charge in [0.1, 0.15) is 0 Å². The van der Waals surface area contributed by atoms with E-state index in [1.807, 2.05) is 0 Å². The second-order valence-electron chi connectivity index (χ2n) is 3.17. The minimum absolute atomic E-state index is 0.0369. The first-order valence-corrected chi connectivity index (χ1v) is 8.23. The molecule has 0 N–H and O–H groups in total. The molecule has 1 aromatic heterocycles. The van der Waals surface area contributed by atoms with Crippen molar-refractivity contribution in [2.45, 2.75) is 20.0 Å². The molecule has 9 heteroatoms. The topological polar surface area (TPSA) is 69.7 Å². The predicted octanol–water partition coefficient (Wildman–Crippen LogP) is 2.94. The van der Waals surface area contributed by atoms with Crippen molar-refractivity contribution < 1.29 is 22.1 Å². The third kappa shape index (κ3) is 4.46. The molecule has 0 atom stereocenters. The first-order valence-electron chi connectivity index (χ1n) is 4.32. The van der Waals surface area contributed by atoms with Gasteiger partial charge in [-0.1, -0.05) is 0 Å². The van der Waals surface area contributed by atoms with Gasteiger partial charge in [0.05, 0.1) is 21.3 Å². The molecular weight excluding hydrogens is 356 g/mol. The maximum atomic E-state index is 11.6. The SMILES string of the molecule is CC(C)OC(=O)c1scc(Br)c1OS(=O)(=O)Cl. The highest BCUT2D eigenvalue weighted by molar-refractivity contribution is 9.10. The Hall–Kier alpha value is -0.310. The summed E-state index contributed by atoms with van der Waals surface area (Å²) in [5, 5.41) is 1.51. The molecule has 0 fully saturated rings. The Balaban J connectivity index is 3.06. The van der Waals surface area contributed by atoms with Gasteiger partial charge in [-0.25, -0.2) is 4.79 Å². The van der Waals surface area contributed by atoms with E-state index in [1.54, 1.807) is 13.8 Å². The largest absolute Gasteiger partial charge is 0.459 e. The van der Waals surface area contributed by atoms with Crippen molar-refractivity contribution >= 4 is 53.3 Å². The van der Waals surface area contributed by atoms with Crippen LogP contribution in [-0.2, 0) is 14.1 Å². The lowest BCUT2D eigenvalue weighted by Crippen LogP contribution is -2.12. The highest BCUT2D eigenvalue weighted by atomic mass is 79.9. The lowest BCUT2D eigenvalue weighted by atomic mass is 10.4. The number of hydrogen-bond donors (Lipinski definition) is 0. The van der Waals surface area contributed by atoms with Crippen LogP contribution in [0.4, 0.5) is 0 Å². The quantitative estimate of drug-likeness (QED) is 0.607. The van der Waals surface area contributed by atoms with Crippen molar-refractivity contribution in [1.82, 2.24) is 0 Å². The summed E-state index contributed by atoms with van der Waals surface area (Å²) >= 11 is 4.06. The van der Waals surface area contributed by atoms with Gasteiger partial charge >= 0.3 is 15.3 Å². The molecule has 0 bridgehead atoms. The van der Waals surface area contributed by atoms with Crippen LogP contribution in [0.2, 0.25) is 0 Å². The van der Waals surface area contributed by atoms with Gasteiger partial charge in [0.25, 0.3) is 0 Å². The summed E-state index contributed by atoms with van der Waals surface area (Å²) in [4.78, 5) is 11.7. The van der Waals surface area contributed by atoms with Crippen LogP contribution in [0.15, 0.2) is 9.85 Å². The highest BCUT2D eigenvalue weighted by Crippen LogP contribution is 2.37. The molecule has 0 aliphatic carbocycles. The van der Waals surface area contributed by atoms with Gasteiger partial charge in [0.2, 0.25) is 0 Å². The van der Waals surface area contributed by atoms with Crippen LogP contribution < -0.4 is 4.18 Å². The number of hydrogen-bond acceptors (Lipinski definition) is 6. The molecule has 1 aromatic rings. The van der Waals surface area contributed by atoms with E-state index in [0.29, 0.717) is 4.47 Å². The summed E-state index contributed by atoms with van der Waals surface area (Å²) in [5.41, 5.74) is 0. The van der Waals surface area contributed by atoms with Crippen LogP contribution in [0.5, 0.6) is 5.75 Å². The average molecular weight is 364 g/mol. The predicted molar refractivity (Wildman–Crippen MR) is 68.0 cm³/mol. The minimum atomic E-state index is -4.21. The van der Waals surface area contributed by atoms with Crippen molar-refractivity contribution in [3.63, 3.8) is 0 Å². The molecule has 0 amide bonds. The van der Waals surface area contributed by atoms with E-state index in [4.69, 9.17) is 15.4 Å². The number of halogens is 2. The van der Waals surface area contributed by atoms with Crippen molar-refractivity contribution in [1.29, 1.82) is 0 Å². The van der Waals surface area contributed by atoms with Gasteiger partial charge in [-0.05, 0) is 29.8 Å². The van der Waals surface area contributed by atoms with Crippen LogP contribution in [0, 0.1) is 0 Å². The van der Waals surface area contributed by atoms with Crippen LogP contribution in [0.1, 0.15) is 23.5 Å². The van der Waals surface area contributed by atoms with Crippen LogP contribution in [0.3, 0.4) is 0 Å². The van der Waals surface area contributed by atoms with Crippen LogP contribution in [0.25, 0.3) is 0 Å². The number of ether oxygens (including phenoxy) is 1. The Kier molecular flexibility index (Phi) is 4.82. The molecule has 96 valence electrons. The van der Waals surface area contributed by atoms with E-state index in [1.165, 1.54) is 5.38 Å². The third-order valence-electron chi connectivity index (χ3n) is 1.41. The smallest absolute Gasteiger partial charge is 0.401 e. The van der Waals surface area contributed by atoms with Crippen molar-refractivity contribution in [3.8, 4) is 5.75 Å². The lowest BCUT2D eigenvalue weighted by molar-refractivity contribution is 0.0382. The Bertz CT molecular complexity index is 522. The van der Waals surface area contributed by atoms with E-state index in [2.05, 4.69) is 20.1 Å². The van der Waals surface area contributed by atoms with Gasteiger partial charge in [-0.2, -0.15) is 8.42 Å². The number of carbonyl (C=O) groups excluding carboxylic acids is 1. The van der Waals surface area contributed by atoms with Crippen LogP contribution in [-0.4, -0.2) is 20.5 Å². The monoisotopic (exact) mass is 362 g/mol. The molecular formula is C8H8BrClO5S2. The van der Waals surface area contributed by atoms with E-state index in [9.17, 15) is 13.2 Å². The first kappa shape index (κ1) is 14.7. The molecule has 1 rings (SSSR count). The Labute approximate surface area is 115 Å². The molecule has 1 heterocycles. The summed E-state index contributed by atoms with van der Waals surface area (Å²) < 4.78 is 31.4. The standard InChI is InChI=1S/C8H8BrClO5S2/c1-4(2)14-8(11)7-6(5(9)3-16-7)15-17(10,12)13/h3-4H,1-2H3. The fourth-order valence-electron chi connectivity index (χ4n) is 0.912. The van der Waals surface area contributed by atoms with E-state index < -0.39 is 15.3 Å². The summed E-state index contributed by atoms with van der Waals surface area (Å²) in [6.45, 7) is 3.36. The minimum Gasteiger partial charge on any atom is -0.459 e. The van der Waals surface area contributed by atoms with Gasteiger partial charge in [0, 0.05) is 5.38 Å². The molecule has 0 aliphatic heterocycles. The molecule has 0 saturated carbocycles.